The zero-order valence-electron chi connectivity index (χ0n) is 21.9. The summed E-state index contributed by atoms with van der Waals surface area (Å²) in [5, 5.41) is 17.3. The fourth-order valence-corrected chi connectivity index (χ4v) is 3.56. The van der Waals surface area contributed by atoms with Gasteiger partial charge in [0.15, 0.2) is 5.96 Å². The van der Waals surface area contributed by atoms with E-state index in [0.29, 0.717) is 12.8 Å². The number of amides is 3. The number of nitrogens with two attached hydrogens (primary N) is 3. The summed E-state index contributed by atoms with van der Waals surface area (Å²) >= 11 is 0. The summed E-state index contributed by atoms with van der Waals surface area (Å²) in [6, 6.07) is 5.20. The molecule has 0 bridgehead atoms. The van der Waals surface area contributed by atoms with Crippen molar-refractivity contribution in [3.8, 4) is 0 Å². The van der Waals surface area contributed by atoms with Crippen LogP contribution in [0.4, 0.5) is 0 Å². The van der Waals surface area contributed by atoms with E-state index >= 15 is 0 Å². The average molecular weight is 520 g/mol. The molecule has 1 aromatic carbocycles. The maximum Gasteiger partial charge on any atom is 0.326 e. The SMILES string of the molecule is CC(C)C(NC(=O)C(CCCN=C(N)N)NC(=O)C(NC(=O)C(N)Cc1ccccc1)C(C)C)C(=O)O. The first-order valence-corrected chi connectivity index (χ1v) is 12.3. The van der Waals surface area contributed by atoms with Crippen molar-refractivity contribution < 1.29 is 24.3 Å². The highest BCUT2D eigenvalue weighted by molar-refractivity contribution is 5.94. The van der Waals surface area contributed by atoms with Crippen molar-refractivity contribution in [2.24, 2.45) is 34.0 Å². The van der Waals surface area contributed by atoms with Gasteiger partial charge < -0.3 is 38.3 Å². The number of aliphatic imine (C=N–C) groups is 1. The number of aliphatic carboxylic acids is 1. The number of carbonyl (C=O) groups excluding carboxylic acids is 3. The van der Waals surface area contributed by atoms with Crippen LogP contribution in [0, 0.1) is 11.8 Å². The minimum atomic E-state index is -1.19. The van der Waals surface area contributed by atoms with Gasteiger partial charge in [-0.3, -0.25) is 19.4 Å². The number of nitrogens with zero attached hydrogens (tertiary/aromatic N) is 1. The maximum atomic E-state index is 13.2. The number of nitrogens with one attached hydrogen (secondary N) is 3. The molecule has 0 fully saturated rings. The van der Waals surface area contributed by atoms with Crippen LogP contribution in [-0.2, 0) is 25.6 Å². The Labute approximate surface area is 217 Å². The Kier molecular flexibility index (Phi) is 13.1. The lowest BCUT2D eigenvalue weighted by Gasteiger charge is -2.27. The maximum absolute atomic E-state index is 13.2. The Morgan fingerprint density at radius 3 is 1.95 bits per heavy atom. The Morgan fingerprint density at radius 2 is 1.43 bits per heavy atom. The van der Waals surface area contributed by atoms with Gasteiger partial charge >= 0.3 is 5.97 Å². The number of guanidine groups is 1. The van der Waals surface area contributed by atoms with E-state index in [9.17, 15) is 24.3 Å². The van der Waals surface area contributed by atoms with Crippen LogP contribution >= 0.6 is 0 Å². The van der Waals surface area contributed by atoms with Crippen molar-refractivity contribution in [2.45, 2.75) is 71.1 Å². The smallest absolute Gasteiger partial charge is 0.326 e. The summed E-state index contributed by atoms with van der Waals surface area (Å²) in [4.78, 5) is 54.3. The van der Waals surface area contributed by atoms with Gasteiger partial charge in [-0.2, -0.15) is 0 Å². The lowest BCUT2D eigenvalue weighted by Crippen LogP contribution is -2.59. The van der Waals surface area contributed by atoms with Gasteiger partial charge in [-0.15, -0.1) is 0 Å². The van der Waals surface area contributed by atoms with E-state index in [1.54, 1.807) is 27.7 Å². The Balaban J connectivity index is 2.97. The van der Waals surface area contributed by atoms with E-state index in [0.717, 1.165) is 5.56 Å². The molecule has 3 amide bonds. The fourth-order valence-electron chi connectivity index (χ4n) is 3.56. The number of carbonyl (C=O) groups is 4. The Bertz CT molecular complexity index is 933. The quantitative estimate of drug-likeness (QED) is 0.0905. The van der Waals surface area contributed by atoms with Gasteiger partial charge in [0.1, 0.15) is 18.1 Å². The number of hydrogen-bond acceptors (Lipinski definition) is 6. The summed E-state index contributed by atoms with van der Waals surface area (Å²) in [6.45, 7) is 7.04. The van der Waals surface area contributed by atoms with Gasteiger partial charge in [-0.05, 0) is 36.7 Å². The fraction of sp³-hybridized carbons (Fsp3) is 0.560. The molecule has 4 atom stereocenters. The highest BCUT2D eigenvalue weighted by atomic mass is 16.4. The largest absolute Gasteiger partial charge is 0.480 e. The minimum Gasteiger partial charge on any atom is -0.480 e. The summed E-state index contributed by atoms with van der Waals surface area (Å²) in [6.07, 6.45) is 0.780. The van der Waals surface area contributed by atoms with Crippen LogP contribution in [0.5, 0.6) is 0 Å². The van der Waals surface area contributed by atoms with Crippen LogP contribution < -0.4 is 33.2 Å². The molecule has 0 aliphatic heterocycles. The Morgan fingerprint density at radius 1 is 0.865 bits per heavy atom. The van der Waals surface area contributed by atoms with Crippen LogP contribution in [0.15, 0.2) is 35.3 Å². The third-order valence-electron chi connectivity index (χ3n) is 5.69. The molecule has 0 saturated carbocycles. The lowest BCUT2D eigenvalue weighted by atomic mass is 10.00. The van der Waals surface area contributed by atoms with E-state index in [1.807, 2.05) is 30.3 Å². The molecule has 12 heteroatoms. The second-order valence-electron chi connectivity index (χ2n) is 9.60. The molecular weight excluding hydrogens is 478 g/mol. The predicted molar refractivity (Wildman–Crippen MR) is 141 cm³/mol. The van der Waals surface area contributed by atoms with E-state index in [2.05, 4.69) is 20.9 Å². The van der Waals surface area contributed by atoms with Gasteiger partial charge in [0, 0.05) is 6.54 Å². The highest BCUT2D eigenvalue weighted by Crippen LogP contribution is 2.09. The summed E-state index contributed by atoms with van der Waals surface area (Å²) in [7, 11) is 0. The molecule has 37 heavy (non-hydrogen) atoms. The molecule has 0 saturated heterocycles. The van der Waals surface area contributed by atoms with Crippen LogP contribution in [0.2, 0.25) is 0 Å². The Hall–Kier alpha value is -3.67. The molecule has 0 heterocycles. The summed E-state index contributed by atoms with van der Waals surface area (Å²) in [5.41, 5.74) is 17.6. The van der Waals surface area contributed by atoms with Gasteiger partial charge in [0.2, 0.25) is 17.7 Å². The van der Waals surface area contributed by atoms with E-state index in [-0.39, 0.29) is 30.8 Å². The molecule has 1 rings (SSSR count). The van der Waals surface area contributed by atoms with E-state index < -0.39 is 47.9 Å². The number of carboxylic acid groups (broad SMARTS) is 1. The second-order valence-corrected chi connectivity index (χ2v) is 9.60. The average Bonchev–Trinajstić information content (AvgIpc) is 2.82. The topological polar surface area (TPSA) is 215 Å². The lowest BCUT2D eigenvalue weighted by molar-refractivity contribution is -0.143. The van der Waals surface area contributed by atoms with Crippen molar-refractivity contribution in [2.75, 3.05) is 6.54 Å². The highest BCUT2D eigenvalue weighted by Gasteiger charge is 2.32. The minimum absolute atomic E-state index is 0.106. The van der Waals surface area contributed by atoms with Crippen molar-refractivity contribution in [3.05, 3.63) is 35.9 Å². The van der Waals surface area contributed by atoms with Gasteiger partial charge in [0.05, 0.1) is 6.04 Å². The number of rotatable bonds is 15. The molecule has 206 valence electrons. The molecule has 0 spiro atoms. The normalized spacial score (nSPS) is 14.2. The number of benzene rings is 1. The molecule has 0 aliphatic carbocycles. The van der Waals surface area contributed by atoms with Crippen LogP contribution in [-0.4, -0.2) is 65.5 Å². The zero-order chi connectivity index (χ0) is 28.1. The molecule has 0 aromatic heterocycles. The van der Waals surface area contributed by atoms with Crippen LogP contribution in [0.25, 0.3) is 0 Å². The predicted octanol–water partition coefficient (Wildman–Crippen LogP) is -0.539. The standard InChI is InChI=1S/C25H41N7O5/c1-14(2)19(31-21(33)17(26)13-16-9-6-5-7-10-16)23(35)30-18(11-8-12-29-25(27)28)22(34)32-20(15(3)4)24(36)37/h5-7,9-10,14-15,17-20H,8,11-13,26H2,1-4H3,(H,30,35)(H,31,33)(H,32,34)(H,36,37)(H4,27,28,29). The van der Waals surface area contributed by atoms with Gasteiger partial charge in [-0.1, -0.05) is 58.0 Å². The molecule has 10 N–H and O–H groups in total. The zero-order valence-corrected chi connectivity index (χ0v) is 21.9. The van der Waals surface area contributed by atoms with Gasteiger partial charge in [0.25, 0.3) is 0 Å². The first-order chi connectivity index (χ1) is 17.3. The van der Waals surface area contributed by atoms with Crippen molar-refractivity contribution in [1.82, 2.24) is 16.0 Å². The van der Waals surface area contributed by atoms with Crippen molar-refractivity contribution in [1.29, 1.82) is 0 Å². The summed E-state index contributed by atoms with van der Waals surface area (Å²) in [5.74, 6) is -3.74. The van der Waals surface area contributed by atoms with Gasteiger partial charge in [-0.25, -0.2) is 4.79 Å². The first-order valence-electron chi connectivity index (χ1n) is 12.3. The van der Waals surface area contributed by atoms with E-state index in [4.69, 9.17) is 17.2 Å². The third-order valence-corrected chi connectivity index (χ3v) is 5.69. The first kappa shape index (κ1) is 31.4. The number of hydrogen-bond donors (Lipinski definition) is 7. The molecule has 4 unspecified atom stereocenters. The molecule has 0 aliphatic rings. The van der Waals surface area contributed by atoms with E-state index in [1.165, 1.54) is 0 Å². The molecular formula is C25H41N7O5. The van der Waals surface area contributed by atoms with Crippen LogP contribution in [0.3, 0.4) is 0 Å². The monoisotopic (exact) mass is 519 g/mol. The van der Waals surface area contributed by atoms with Crippen molar-refractivity contribution >= 4 is 29.7 Å². The molecule has 1 aromatic rings. The molecule has 12 nitrogen and oxygen atoms in total. The third kappa shape index (κ3) is 11.3. The van der Waals surface area contributed by atoms with Crippen LogP contribution in [0.1, 0.15) is 46.1 Å². The van der Waals surface area contributed by atoms with Crippen molar-refractivity contribution in [3.63, 3.8) is 0 Å². The number of carboxylic acids is 1. The summed E-state index contributed by atoms with van der Waals surface area (Å²) < 4.78 is 0. The second kappa shape index (κ2) is 15.4. The molecule has 0 radical (unpaired) electrons.